The second kappa shape index (κ2) is 10.3. The highest BCUT2D eigenvalue weighted by atomic mass is 16.5. The highest BCUT2D eigenvalue weighted by molar-refractivity contribution is 5.99. The van der Waals surface area contributed by atoms with E-state index in [-0.39, 0.29) is 30.2 Å². The molecule has 0 bridgehead atoms. The van der Waals surface area contributed by atoms with Gasteiger partial charge in [0.25, 0.3) is 5.91 Å². The van der Waals surface area contributed by atoms with Gasteiger partial charge in [-0.2, -0.15) is 5.26 Å². The Morgan fingerprint density at radius 2 is 2.08 bits per heavy atom. The second-order valence-corrected chi connectivity index (χ2v) is 9.61. The third kappa shape index (κ3) is 5.28. The number of carboxylic acids is 1. The van der Waals surface area contributed by atoms with Crippen LogP contribution in [0.2, 0.25) is 0 Å². The molecule has 2 aliphatic rings. The maximum absolute atomic E-state index is 13.4. The summed E-state index contributed by atoms with van der Waals surface area (Å²) in [7, 11) is 1.50. The van der Waals surface area contributed by atoms with Crippen molar-refractivity contribution in [3.8, 4) is 17.6 Å². The Hall–Kier alpha value is -4.32. The quantitative estimate of drug-likeness (QED) is 0.468. The number of nitriles is 1. The molecule has 192 valence electrons. The SMILES string of the molecule is COc1cc2c(cc1C(=O)NC(C)C)[C@]1(CCO2)C[C@H]1C(=O)Nc1cc(C#N)ccc1CC=CC(=O)O. The number of carboxylic acid groups (broad SMARTS) is 1. The van der Waals surface area contributed by atoms with Crippen molar-refractivity contribution in [2.45, 2.75) is 44.6 Å². The predicted octanol–water partition coefficient (Wildman–Crippen LogP) is 3.57. The Morgan fingerprint density at radius 1 is 1.30 bits per heavy atom. The fraction of sp³-hybridized carbons (Fsp3) is 0.357. The Morgan fingerprint density at radius 3 is 2.76 bits per heavy atom. The number of fused-ring (bicyclic) bond motifs is 2. The van der Waals surface area contributed by atoms with Crippen LogP contribution in [0, 0.1) is 17.2 Å². The number of allylic oxidation sites excluding steroid dienone is 1. The molecule has 1 spiro atoms. The van der Waals surface area contributed by atoms with Crippen LogP contribution >= 0.6 is 0 Å². The van der Waals surface area contributed by atoms with Gasteiger partial charge in [0, 0.05) is 40.8 Å². The molecule has 0 saturated heterocycles. The monoisotopic (exact) mass is 503 g/mol. The molecule has 2 aromatic carbocycles. The third-order valence-electron chi connectivity index (χ3n) is 6.80. The smallest absolute Gasteiger partial charge is 0.327 e. The minimum Gasteiger partial charge on any atom is -0.496 e. The van der Waals surface area contributed by atoms with Gasteiger partial charge in [0.15, 0.2) is 0 Å². The number of nitrogens with zero attached hydrogens (tertiary/aromatic N) is 1. The summed E-state index contributed by atoms with van der Waals surface area (Å²) in [6, 6.07) is 10.4. The van der Waals surface area contributed by atoms with Crippen molar-refractivity contribution in [2.24, 2.45) is 5.92 Å². The van der Waals surface area contributed by atoms with Crippen LogP contribution in [-0.2, 0) is 21.4 Å². The first-order chi connectivity index (χ1) is 17.7. The first-order valence-electron chi connectivity index (χ1n) is 12.1. The molecule has 2 amide bonds. The van der Waals surface area contributed by atoms with Crippen LogP contribution in [-0.4, -0.2) is 42.6 Å². The average molecular weight is 504 g/mol. The van der Waals surface area contributed by atoms with Gasteiger partial charge in [-0.05, 0) is 56.9 Å². The minimum atomic E-state index is -1.06. The van der Waals surface area contributed by atoms with E-state index in [9.17, 15) is 19.6 Å². The maximum Gasteiger partial charge on any atom is 0.327 e. The molecule has 9 heteroatoms. The number of ether oxygens (including phenoxy) is 2. The van der Waals surface area contributed by atoms with Crippen molar-refractivity contribution >= 4 is 23.5 Å². The lowest BCUT2D eigenvalue weighted by Crippen LogP contribution is -2.31. The molecule has 0 aromatic heterocycles. The molecule has 2 atom stereocenters. The van der Waals surface area contributed by atoms with E-state index in [1.54, 1.807) is 30.3 Å². The fourth-order valence-electron chi connectivity index (χ4n) is 4.90. The van der Waals surface area contributed by atoms with E-state index in [0.717, 1.165) is 11.6 Å². The number of hydrogen-bond acceptors (Lipinski definition) is 6. The largest absolute Gasteiger partial charge is 0.496 e. The molecule has 1 fully saturated rings. The molecule has 37 heavy (non-hydrogen) atoms. The highest BCUT2D eigenvalue weighted by Gasteiger charge is 2.61. The molecule has 9 nitrogen and oxygen atoms in total. The fourth-order valence-corrected chi connectivity index (χ4v) is 4.90. The number of methoxy groups -OCH3 is 1. The molecule has 1 aliphatic heterocycles. The molecule has 2 aromatic rings. The number of anilines is 1. The van der Waals surface area contributed by atoms with Crippen LogP contribution < -0.4 is 20.1 Å². The minimum absolute atomic E-state index is 0.0541. The summed E-state index contributed by atoms with van der Waals surface area (Å²) in [5.41, 5.74) is 2.29. The molecule has 1 saturated carbocycles. The average Bonchev–Trinajstić information content (AvgIpc) is 3.58. The number of hydrogen-bond donors (Lipinski definition) is 3. The van der Waals surface area contributed by atoms with Gasteiger partial charge in [-0.15, -0.1) is 0 Å². The lowest BCUT2D eigenvalue weighted by atomic mass is 9.85. The van der Waals surface area contributed by atoms with Gasteiger partial charge in [-0.3, -0.25) is 9.59 Å². The van der Waals surface area contributed by atoms with Crippen molar-refractivity contribution in [1.29, 1.82) is 5.26 Å². The number of rotatable bonds is 8. The van der Waals surface area contributed by atoms with E-state index in [0.29, 0.717) is 53.3 Å². The molecule has 0 unspecified atom stereocenters. The van der Waals surface area contributed by atoms with Gasteiger partial charge in [-0.25, -0.2) is 4.79 Å². The summed E-state index contributed by atoms with van der Waals surface area (Å²) in [6.45, 7) is 4.19. The van der Waals surface area contributed by atoms with Crippen molar-refractivity contribution in [2.75, 3.05) is 19.0 Å². The normalized spacial score (nSPS) is 19.6. The Balaban J connectivity index is 1.62. The van der Waals surface area contributed by atoms with Crippen molar-refractivity contribution in [1.82, 2.24) is 5.32 Å². The van der Waals surface area contributed by atoms with Crippen LogP contribution in [0.15, 0.2) is 42.5 Å². The number of amides is 2. The summed E-state index contributed by atoms with van der Waals surface area (Å²) in [5, 5.41) is 24.0. The standard InChI is InChI=1S/C28H29N3O6/c1-16(2)30-26(34)19-12-20-24(13-23(19)36-3)37-10-9-28(20)14-21(28)27(35)31-22-11-17(15-29)7-8-18(22)5-4-6-25(32)33/h4,6-8,11-13,16,21H,5,9-10,14H2,1-3H3,(H,30,34)(H,31,35)(H,32,33)/t21-,28-/m0/s1. The lowest BCUT2D eigenvalue weighted by Gasteiger charge is -2.28. The molecule has 1 aliphatic carbocycles. The van der Waals surface area contributed by atoms with Gasteiger partial charge < -0.3 is 25.2 Å². The number of aliphatic carboxylic acids is 1. The molecule has 4 rings (SSSR count). The summed E-state index contributed by atoms with van der Waals surface area (Å²) in [5.74, 6) is -0.860. The highest BCUT2D eigenvalue weighted by Crippen LogP contribution is 2.61. The molecule has 3 N–H and O–H groups in total. The number of benzene rings is 2. The van der Waals surface area contributed by atoms with Gasteiger partial charge >= 0.3 is 5.97 Å². The van der Waals surface area contributed by atoms with E-state index in [1.807, 2.05) is 13.8 Å². The Labute approximate surface area is 215 Å². The second-order valence-electron chi connectivity index (χ2n) is 9.61. The van der Waals surface area contributed by atoms with E-state index in [4.69, 9.17) is 14.6 Å². The topological polar surface area (TPSA) is 138 Å². The van der Waals surface area contributed by atoms with Crippen LogP contribution in [0.5, 0.6) is 11.5 Å². The maximum atomic E-state index is 13.4. The van der Waals surface area contributed by atoms with E-state index < -0.39 is 11.4 Å². The Kier molecular flexibility index (Phi) is 7.21. The van der Waals surface area contributed by atoms with E-state index in [2.05, 4.69) is 16.7 Å². The molecule has 0 radical (unpaired) electrons. The number of nitrogens with one attached hydrogen (secondary N) is 2. The third-order valence-corrected chi connectivity index (χ3v) is 6.80. The van der Waals surface area contributed by atoms with E-state index >= 15 is 0 Å². The van der Waals surface area contributed by atoms with Gasteiger partial charge in [0.2, 0.25) is 5.91 Å². The number of carbonyl (C=O) groups excluding carboxylic acids is 2. The van der Waals surface area contributed by atoms with Crippen molar-refractivity contribution < 1.29 is 29.0 Å². The van der Waals surface area contributed by atoms with Crippen LogP contribution in [0.25, 0.3) is 0 Å². The zero-order valence-corrected chi connectivity index (χ0v) is 21.0. The van der Waals surface area contributed by atoms with Crippen LogP contribution in [0.1, 0.15) is 53.7 Å². The summed E-state index contributed by atoms with van der Waals surface area (Å²) in [4.78, 5) is 37.1. The zero-order valence-electron chi connectivity index (χ0n) is 21.0. The van der Waals surface area contributed by atoms with Crippen LogP contribution in [0.3, 0.4) is 0 Å². The first kappa shape index (κ1) is 25.8. The predicted molar refractivity (Wildman–Crippen MR) is 136 cm³/mol. The summed E-state index contributed by atoms with van der Waals surface area (Å²) in [6.07, 6.45) is 4.04. The molecule has 1 heterocycles. The Bertz CT molecular complexity index is 1330. The zero-order chi connectivity index (χ0) is 26.7. The first-order valence-corrected chi connectivity index (χ1v) is 12.1. The van der Waals surface area contributed by atoms with Crippen molar-refractivity contribution in [3.63, 3.8) is 0 Å². The van der Waals surface area contributed by atoms with Gasteiger partial charge in [-0.1, -0.05) is 12.1 Å². The van der Waals surface area contributed by atoms with Gasteiger partial charge in [0.05, 0.1) is 30.9 Å². The molecular formula is C28H29N3O6. The summed E-state index contributed by atoms with van der Waals surface area (Å²) >= 11 is 0. The summed E-state index contributed by atoms with van der Waals surface area (Å²) < 4.78 is 11.3. The molecular weight excluding hydrogens is 474 g/mol. The van der Waals surface area contributed by atoms with Crippen molar-refractivity contribution in [3.05, 3.63) is 64.7 Å². The van der Waals surface area contributed by atoms with Gasteiger partial charge in [0.1, 0.15) is 11.5 Å². The van der Waals surface area contributed by atoms with Crippen LogP contribution in [0.4, 0.5) is 5.69 Å². The number of carbonyl (C=O) groups is 3. The van der Waals surface area contributed by atoms with E-state index in [1.165, 1.54) is 13.2 Å². The lowest BCUT2D eigenvalue weighted by molar-refractivity contribution is -0.131.